The van der Waals surface area contributed by atoms with Crippen molar-refractivity contribution in [2.45, 2.75) is 84.0 Å². The highest BCUT2D eigenvalue weighted by Crippen LogP contribution is 2.42. The lowest BCUT2D eigenvalue weighted by Gasteiger charge is -2.37. The van der Waals surface area contributed by atoms with Crippen molar-refractivity contribution in [1.82, 2.24) is 0 Å². The number of aliphatic carboxylic acids is 1. The van der Waals surface area contributed by atoms with Crippen molar-refractivity contribution in [3.05, 3.63) is 0 Å². The highest BCUT2D eigenvalue weighted by atomic mass is 16.4. The van der Waals surface area contributed by atoms with Crippen molar-refractivity contribution >= 4 is 5.97 Å². The molecule has 0 radical (unpaired) electrons. The van der Waals surface area contributed by atoms with Gasteiger partial charge in [-0.2, -0.15) is 0 Å². The summed E-state index contributed by atoms with van der Waals surface area (Å²) in [6.45, 7) is 2.28. The summed E-state index contributed by atoms with van der Waals surface area (Å²) in [5, 5.41) is 9.07. The number of rotatable bonds is 6. The maximum absolute atomic E-state index is 11.0. The molecule has 0 bridgehead atoms. The Morgan fingerprint density at radius 1 is 0.900 bits per heavy atom. The fourth-order valence-corrected chi connectivity index (χ4v) is 4.47. The minimum atomic E-state index is -0.567. The molecule has 0 aliphatic heterocycles. The van der Waals surface area contributed by atoms with Crippen LogP contribution in [0.3, 0.4) is 0 Å². The van der Waals surface area contributed by atoms with E-state index in [-0.39, 0.29) is 5.92 Å². The average molecular weight is 280 g/mol. The lowest BCUT2D eigenvalue weighted by Crippen LogP contribution is -2.28. The first kappa shape index (κ1) is 15.9. The molecule has 0 amide bonds. The molecule has 2 nitrogen and oxygen atoms in total. The zero-order valence-corrected chi connectivity index (χ0v) is 13.2. The SMILES string of the molecule is CCCCCC1CCC(C2CCC(C(=O)O)CC2)CC1. The number of hydrogen-bond acceptors (Lipinski definition) is 1. The molecule has 1 N–H and O–H groups in total. The van der Waals surface area contributed by atoms with Gasteiger partial charge in [-0.05, 0) is 56.3 Å². The highest BCUT2D eigenvalue weighted by Gasteiger charge is 2.32. The molecule has 0 saturated heterocycles. The largest absolute Gasteiger partial charge is 0.481 e. The van der Waals surface area contributed by atoms with Crippen LogP contribution in [0.1, 0.15) is 84.0 Å². The van der Waals surface area contributed by atoms with E-state index in [1.165, 1.54) is 64.2 Å². The van der Waals surface area contributed by atoms with E-state index in [1.54, 1.807) is 0 Å². The van der Waals surface area contributed by atoms with Gasteiger partial charge in [0.15, 0.2) is 0 Å². The summed E-state index contributed by atoms with van der Waals surface area (Å²) in [6.07, 6.45) is 15.5. The van der Waals surface area contributed by atoms with Gasteiger partial charge in [0, 0.05) is 0 Å². The molecule has 2 aliphatic carbocycles. The summed E-state index contributed by atoms with van der Waals surface area (Å²) in [5.74, 6) is 2.13. The molecule has 2 aliphatic rings. The van der Waals surface area contributed by atoms with Gasteiger partial charge in [-0.1, -0.05) is 45.4 Å². The van der Waals surface area contributed by atoms with Gasteiger partial charge in [0.2, 0.25) is 0 Å². The molecule has 0 aromatic carbocycles. The summed E-state index contributed by atoms with van der Waals surface area (Å²) < 4.78 is 0. The fourth-order valence-electron chi connectivity index (χ4n) is 4.47. The summed E-state index contributed by atoms with van der Waals surface area (Å²) in [5.41, 5.74) is 0. The standard InChI is InChI=1S/C18H32O2/c1-2-3-4-5-14-6-8-15(9-7-14)16-10-12-17(13-11-16)18(19)20/h14-17H,2-13H2,1H3,(H,19,20). The number of carboxylic acids is 1. The lowest BCUT2D eigenvalue weighted by atomic mass is 9.68. The molecule has 2 rings (SSSR count). The summed E-state index contributed by atoms with van der Waals surface area (Å²) in [7, 11) is 0. The predicted octanol–water partition coefficient (Wildman–Crippen LogP) is 5.26. The van der Waals surface area contributed by atoms with E-state index in [2.05, 4.69) is 6.92 Å². The van der Waals surface area contributed by atoms with E-state index < -0.39 is 5.97 Å². The first-order valence-corrected chi connectivity index (χ1v) is 8.93. The quantitative estimate of drug-likeness (QED) is 0.673. The van der Waals surface area contributed by atoms with Gasteiger partial charge >= 0.3 is 5.97 Å². The zero-order chi connectivity index (χ0) is 14.4. The summed E-state index contributed by atoms with van der Waals surface area (Å²) in [4.78, 5) is 11.0. The predicted molar refractivity (Wildman–Crippen MR) is 82.7 cm³/mol. The third-order valence-corrected chi connectivity index (χ3v) is 5.90. The van der Waals surface area contributed by atoms with Crippen LogP contribution in [0, 0.1) is 23.7 Å². The number of carbonyl (C=O) groups is 1. The number of hydrogen-bond donors (Lipinski definition) is 1. The molecule has 0 unspecified atom stereocenters. The van der Waals surface area contributed by atoms with Crippen molar-refractivity contribution in [2.24, 2.45) is 23.7 Å². The maximum Gasteiger partial charge on any atom is 0.306 e. The van der Waals surface area contributed by atoms with Crippen molar-refractivity contribution in [3.63, 3.8) is 0 Å². The Hall–Kier alpha value is -0.530. The molecule has 0 heterocycles. The number of carboxylic acid groups (broad SMARTS) is 1. The first-order valence-electron chi connectivity index (χ1n) is 8.93. The van der Waals surface area contributed by atoms with E-state index in [0.29, 0.717) is 0 Å². The Balaban J connectivity index is 1.65. The van der Waals surface area contributed by atoms with Crippen molar-refractivity contribution in [1.29, 1.82) is 0 Å². The maximum atomic E-state index is 11.0. The van der Waals surface area contributed by atoms with Crippen LogP contribution in [-0.2, 0) is 4.79 Å². The first-order chi connectivity index (χ1) is 9.70. The second kappa shape index (κ2) is 8.05. The van der Waals surface area contributed by atoms with E-state index >= 15 is 0 Å². The monoisotopic (exact) mass is 280 g/mol. The van der Waals surface area contributed by atoms with E-state index in [4.69, 9.17) is 5.11 Å². The smallest absolute Gasteiger partial charge is 0.306 e. The summed E-state index contributed by atoms with van der Waals surface area (Å²) >= 11 is 0. The van der Waals surface area contributed by atoms with Gasteiger partial charge in [0.05, 0.1) is 5.92 Å². The van der Waals surface area contributed by atoms with E-state index in [9.17, 15) is 4.79 Å². The van der Waals surface area contributed by atoms with Crippen molar-refractivity contribution < 1.29 is 9.90 Å². The Morgan fingerprint density at radius 2 is 1.45 bits per heavy atom. The van der Waals surface area contributed by atoms with Gasteiger partial charge in [0.25, 0.3) is 0 Å². The molecule has 0 aromatic rings. The van der Waals surface area contributed by atoms with Crippen LogP contribution >= 0.6 is 0 Å². The van der Waals surface area contributed by atoms with Gasteiger partial charge in [0.1, 0.15) is 0 Å². The van der Waals surface area contributed by atoms with Gasteiger partial charge in [-0.25, -0.2) is 0 Å². The van der Waals surface area contributed by atoms with Crippen LogP contribution in [0.4, 0.5) is 0 Å². The summed E-state index contributed by atoms with van der Waals surface area (Å²) in [6, 6.07) is 0. The molecule has 2 saturated carbocycles. The molecule has 2 fully saturated rings. The molecule has 0 spiro atoms. The van der Waals surface area contributed by atoms with Crippen molar-refractivity contribution in [3.8, 4) is 0 Å². The molecule has 0 aromatic heterocycles. The van der Waals surface area contributed by atoms with Gasteiger partial charge in [-0.15, -0.1) is 0 Å². The topological polar surface area (TPSA) is 37.3 Å². The normalized spacial score (nSPS) is 34.9. The van der Waals surface area contributed by atoms with Crippen molar-refractivity contribution in [2.75, 3.05) is 0 Å². The Bertz CT molecular complexity index is 284. The molecule has 116 valence electrons. The molecular weight excluding hydrogens is 248 g/mol. The number of unbranched alkanes of at least 4 members (excludes halogenated alkanes) is 2. The lowest BCUT2D eigenvalue weighted by molar-refractivity contribution is -0.143. The van der Waals surface area contributed by atoms with Crippen LogP contribution in [0.15, 0.2) is 0 Å². The molecule has 0 atom stereocenters. The second-order valence-electron chi connectivity index (χ2n) is 7.23. The Labute approximate surface area is 124 Å². The Kier molecular flexibility index (Phi) is 6.38. The fraction of sp³-hybridized carbons (Fsp3) is 0.944. The third-order valence-electron chi connectivity index (χ3n) is 5.90. The van der Waals surface area contributed by atoms with E-state index in [0.717, 1.165) is 30.6 Å². The molecule has 20 heavy (non-hydrogen) atoms. The van der Waals surface area contributed by atoms with Gasteiger partial charge in [-0.3, -0.25) is 4.79 Å². The zero-order valence-electron chi connectivity index (χ0n) is 13.2. The molecular formula is C18H32O2. The average Bonchev–Trinajstić information content (AvgIpc) is 2.48. The van der Waals surface area contributed by atoms with Gasteiger partial charge < -0.3 is 5.11 Å². The molecule has 2 heteroatoms. The second-order valence-corrected chi connectivity index (χ2v) is 7.23. The van der Waals surface area contributed by atoms with E-state index in [1.807, 2.05) is 0 Å². The highest BCUT2D eigenvalue weighted by molar-refractivity contribution is 5.69. The minimum Gasteiger partial charge on any atom is -0.481 e. The third kappa shape index (κ3) is 4.49. The van der Waals surface area contributed by atoms with Crippen LogP contribution < -0.4 is 0 Å². The van der Waals surface area contributed by atoms with Crippen LogP contribution in [-0.4, -0.2) is 11.1 Å². The van der Waals surface area contributed by atoms with Crippen LogP contribution in [0.5, 0.6) is 0 Å². The Morgan fingerprint density at radius 3 is 1.95 bits per heavy atom. The van der Waals surface area contributed by atoms with Crippen LogP contribution in [0.2, 0.25) is 0 Å². The van der Waals surface area contributed by atoms with Crippen LogP contribution in [0.25, 0.3) is 0 Å². The minimum absolute atomic E-state index is 0.0448.